The monoisotopic (exact) mass is 231 g/mol. The first-order valence-electron chi connectivity index (χ1n) is 6.59. The maximum atomic E-state index is 12.1. The first-order valence-corrected chi connectivity index (χ1v) is 6.59. The van der Waals surface area contributed by atoms with E-state index in [0.29, 0.717) is 12.5 Å². The molecule has 1 aromatic carbocycles. The maximum Gasteiger partial charge on any atom is 0.164 e. The van der Waals surface area contributed by atoms with Gasteiger partial charge in [0.1, 0.15) is 0 Å². The number of Topliss-reactive ketones (excluding diaryl/α,β-unsaturated/α-hetero) is 1. The Kier molecular flexibility index (Phi) is 4.32. The van der Waals surface area contributed by atoms with Gasteiger partial charge in [-0.2, -0.15) is 0 Å². The van der Waals surface area contributed by atoms with Crippen molar-refractivity contribution in [1.82, 2.24) is 5.32 Å². The fourth-order valence-electron chi connectivity index (χ4n) is 2.44. The summed E-state index contributed by atoms with van der Waals surface area (Å²) in [6, 6.07) is 8.28. The van der Waals surface area contributed by atoms with Gasteiger partial charge in [-0.05, 0) is 32.4 Å². The van der Waals surface area contributed by atoms with Crippen LogP contribution in [0.25, 0.3) is 0 Å². The van der Waals surface area contributed by atoms with E-state index in [1.807, 2.05) is 31.2 Å². The van der Waals surface area contributed by atoms with Gasteiger partial charge >= 0.3 is 0 Å². The lowest BCUT2D eigenvalue weighted by Crippen LogP contribution is -2.30. The zero-order valence-corrected chi connectivity index (χ0v) is 10.5. The summed E-state index contributed by atoms with van der Waals surface area (Å²) in [5.74, 6) is 0.271. The topological polar surface area (TPSA) is 29.1 Å². The van der Waals surface area contributed by atoms with E-state index in [4.69, 9.17) is 0 Å². The minimum absolute atomic E-state index is 0.271. The lowest BCUT2D eigenvalue weighted by Gasteiger charge is -2.14. The number of carbonyl (C=O) groups excluding carboxylic acids is 1. The normalized spacial score (nSPS) is 20.9. The number of rotatable bonds is 3. The summed E-state index contributed by atoms with van der Waals surface area (Å²) in [6.07, 6.45) is 5.57. The van der Waals surface area contributed by atoms with E-state index in [1.54, 1.807) is 0 Å². The largest absolute Gasteiger partial charge is 0.314 e. The van der Waals surface area contributed by atoms with Gasteiger partial charge in [0.25, 0.3) is 0 Å². The van der Waals surface area contributed by atoms with Crippen LogP contribution in [-0.4, -0.2) is 18.4 Å². The van der Waals surface area contributed by atoms with E-state index < -0.39 is 0 Å². The highest BCUT2D eigenvalue weighted by Crippen LogP contribution is 2.14. The average Bonchev–Trinajstić information content (AvgIpc) is 2.57. The third-order valence-corrected chi connectivity index (χ3v) is 3.43. The molecule has 1 heterocycles. The molecule has 17 heavy (non-hydrogen) atoms. The van der Waals surface area contributed by atoms with Crippen molar-refractivity contribution in [2.75, 3.05) is 6.54 Å². The molecule has 1 aliphatic heterocycles. The molecule has 0 aliphatic carbocycles. The predicted octanol–water partition coefficient (Wildman–Crippen LogP) is 3.10. The summed E-state index contributed by atoms with van der Waals surface area (Å²) in [5, 5.41) is 3.48. The van der Waals surface area contributed by atoms with Crippen molar-refractivity contribution in [2.24, 2.45) is 0 Å². The highest BCUT2D eigenvalue weighted by Gasteiger charge is 2.16. The van der Waals surface area contributed by atoms with Crippen LogP contribution in [0.5, 0.6) is 0 Å². The summed E-state index contributed by atoms with van der Waals surface area (Å²) in [6.45, 7) is 3.09. The van der Waals surface area contributed by atoms with E-state index >= 15 is 0 Å². The van der Waals surface area contributed by atoms with Gasteiger partial charge in [-0.3, -0.25) is 4.79 Å². The van der Waals surface area contributed by atoms with Crippen molar-refractivity contribution in [1.29, 1.82) is 0 Å². The van der Waals surface area contributed by atoms with Crippen LogP contribution < -0.4 is 5.32 Å². The van der Waals surface area contributed by atoms with Crippen molar-refractivity contribution in [3.8, 4) is 0 Å². The molecule has 1 unspecified atom stereocenters. The fourth-order valence-corrected chi connectivity index (χ4v) is 2.44. The second-order valence-electron chi connectivity index (χ2n) is 5.00. The standard InChI is InChI=1S/C15H21NO/c1-12-6-5-7-13(10-12)15(17)11-14-8-3-2-4-9-16-14/h5-7,10,14,16H,2-4,8-9,11H2,1H3. The Morgan fingerprint density at radius 2 is 2.24 bits per heavy atom. The van der Waals surface area contributed by atoms with E-state index in [1.165, 1.54) is 19.3 Å². The molecule has 1 aliphatic rings. The van der Waals surface area contributed by atoms with E-state index in [-0.39, 0.29) is 5.78 Å². The molecular weight excluding hydrogens is 210 g/mol. The van der Waals surface area contributed by atoms with Gasteiger partial charge in [0, 0.05) is 18.0 Å². The van der Waals surface area contributed by atoms with Crippen LogP contribution >= 0.6 is 0 Å². The van der Waals surface area contributed by atoms with E-state index in [0.717, 1.165) is 24.1 Å². The van der Waals surface area contributed by atoms with Crippen molar-refractivity contribution in [2.45, 2.75) is 45.1 Å². The Labute approximate surface area is 103 Å². The van der Waals surface area contributed by atoms with Crippen molar-refractivity contribution < 1.29 is 4.79 Å². The van der Waals surface area contributed by atoms with Crippen LogP contribution in [0.2, 0.25) is 0 Å². The van der Waals surface area contributed by atoms with Gasteiger partial charge in [0.05, 0.1) is 0 Å². The van der Waals surface area contributed by atoms with Crippen LogP contribution in [0.3, 0.4) is 0 Å². The van der Waals surface area contributed by atoms with Crippen molar-refractivity contribution in [3.63, 3.8) is 0 Å². The zero-order chi connectivity index (χ0) is 12.1. The molecule has 1 aromatic rings. The first-order chi connectivity index (χ1) is 8.25. The molecule has 0 spiro atoms. The predicted molar refractivity (Wildman–Crippen MR) is 70.4 cm³/mol. The number of ketones is 1. The highest BCUT2D eigenvalue weighted by molar-refractivity contribution is 5.96. The Balaban J connectivity index is 1.96. The van der Waals surface area contributed by atoms with Gasteiger partial charge in [-0.15, -0.1) is 0 Å². The molecule has 1 atom stereocenters. The third kappa shape index (κ3) is 3.67. The molecule has 2 nitrogen and oxygen atoms in total. The molecule has 1 fully saturated rings. The number of nitrogens with one attached hydrogen (secondary N) is 1. The van der Waals surface area contributed by atoms with E-state index in [2.05, 4.69) is 5.32 Å². The number of carbonyl (C=O) groups is 1. The zero-order valence-electron chi connectivity index (χ0n) is 10.5. The maximum absolute atomic E-state index is 12.1. The van der Waals surface area contributed by atoms with Crippen LogP contribution in [0.4, 0.5) is 0 Å². The summed E-state index contributed by atoms with van der Waals surface area (Å²) >= 11 is 0. The summed E-state index contributed by atoms with van der Waals surface area (Å²) < 4.78 is 0. The molecular formula is C15H21NO. The van der Waals surface area contributed by atoms with Crippen LogP contribution in [0.1, 0.15) is 48.0 Å². The SMILES string of the molecule is Cc1cccc(C(=O)CC2CCCCCN2)c1. The first kappa shape index (κ1) is 12.3. The molecule has 92 valence electrons. The Bertz CT molecular complexity index is 378. The second kappa shape index (κ2) is 5.97. The second-order valence-corrected chi connectivity index (χ2v) is 5.00. The van der Waals surface area contributed by atoms with Gasteiger partial charge in [0.2, 0.25) is 0 Å². The third-order valence-electron chi connectivity index (χ3n) is 3.43. The van der Waals surface area contributed by atoms with Gasteiger partial charge in [-0.1, -0.05) is 36.6 Å². The molecule has 0 bridgehead atoms. The van der Waals surface area contributed by atoms with E-state index in [9.17, 15) is 4.79 Å². The minimum Gasteiger partial charge on any atom is -0.314 e. The lowest BCUT2D eigenvalue weighted by molar-refractivity contribution is 0.0968. The number of aryl methyl sites for hydroxylation is 1. The number of benzene rings is 1. The molecule has 0 radical (unpaired) electrons. The summed E-state index contributed by atoms with van der Waals surface area (Å²) in [5.41, 5.74) is 2.01. The lowest BCUT2D eigenvalue weighted by atomic mass is 9.99. The van der Waals surface area contributed by atoms with Crippen molar-refractivity contribution >= 4 is 5.78 Å². The molecule has 0 aromatic heterocycles. The molecule has 2 rings (SSSR count). The van der Waals surface area contributed by atoms with Gasteiger partial charge in [0.15, 0.2) is 5.78 Å². The van der Waals surface area contributed by atoms with Crippen LogP contribution in [-0.2, 0) is 0 Å². The molecule has 1 saturated heterocycles. The van der Waals surface area contributed by atoms with Gasteiger partial charge in [-0.25, -0.2) is 0 Å². The quantitative estimate of drug-likeness (QED) is 0.810. The minimum atomic E-state index is 0.271. The van der Waals surface area contributed by atoms with Crippen molar-refractivity contribution in [3.05, 3.63) is 35.4 Å². The number of hydrogen-bond acceptors (Lipinski definition) is 2. The highest BCUT2D eigenvalue weighted by atomic mass is 16.1. The summed E-state index contributed by atoms with van der Waals surface area (Å²) in [7, 11) is 0. The Morgan fingerprint density at radius 3 is 3.06 bits per heavy atom. The summed E-state index contributed by atoms with van der Waals surface area (Å²) in [4.78, 5) is 12.1. The van der Waals surface area contributed by atoms with Gasteiger partial charge < -0.3 is 5.32 Å². The smallest absolute Gasteiger partial charge is 0.164 e. The molecule has 0 amide bonds. The fraction of sp³-hybridized carbons (Fsp3) is 0.533. The Hall–Kier alpha value is -1.15. The molecule has 0 saturated carbocycles. The Morgan fingerprint density at radius 1 is 1.35 bits per heavy atom. The van der Waals surface area contributed by atoms with Crippen LogP contribution in [0.15, 0.2) is 24.3 Å². The molecule has 1 N–H and O–H groups in total. The van der Waals surface area contributed by atoms with Crippen LogP contribution in [0, 0.1) is 6.92 Å². The number of hydrogen-bond donors (Lipinski definition) is 1. The average molecular weight is 231 g/mol. The molecule has 2 heteroatoms.